The number of benzene rings is 2. The van der Waals surface area contributed by atoms with Crippen LogP contribution in [0.15, 0.2) is 58.6 Å². The van der Waals surface area contributed by atoms with E-state index in [1.54, 1.807) is 33.5 Å². The third kappa shape index (κ3) is 3.45. The van der Waals surface area contributed by atoms with Gasteiger partial charge in [0.25, 0.3) is 5.91 Å². The molecular weight excluding hydrogens is 414 g/mol. The SMILES string of the molecule is N/C(=N/O)c1cccc(-n2nc(C(=O)N3CCOCC3)c3c2-c2ccccc2SC3)c1. The first-order valence-electron chi connectivity index (χ1n) is 9.97. The van der Waals surface area contributed by atoms with Gasteiger partial charge in [0, 0.05) is 40.4 Å². The number of carbonyl (C=O) groups is 1. The van der Waals surface area contributed by atoms with Gasteiger partial charge in [-0.2, -0.15) is 5.10 Å². The van der Waals surface area contributed by atoms with Crippen molar-refractivity contribution in [1.82, 2.24) is 14.7 Å². The number of hydrogen-bond acceptors (Lipinski definition) is 6. The van der Waals surface area contributed by atoms with Crippen LogP contribution in [0.3, 0.4) is 0 Å². The van der Waals surface area contributed by atoms with E-state index < -0.39 is 0 Å². The normalized spacial score (nSPS) is 16.0. The topological polar surface area (TPSA) is 106 Å². The zero-order valence-electron chi connectivity index (χ0n) is 16.7. The molecule has 9 heteroatoms. The number of aromatic nitrogens is 2. The number of rotatable bonds is 3. The van der Waals surface area contributed by atoms with E-state index >= 15 is 0 Å². The van der Waals surface area contributed by atoms with Crippen LogP contribution in [-0.4, -0.2) is 57.9 Å². The molecule has 0 atom stereocenters. The second-order valence-electron chi connectivity index (χ2n) is 7.31. The van der Waals surface area contributed by atoms with Crippen LogP contribution in [0.2, 0.25) is 0 Å². The largest absolute Gasteiger partial charge is 0.409 e. The van der Waals surface area contributed by atoms with Crippen LogP contribution in [0.5, 0.6) is 0 Å². The van der Waals surface area contributed by atoms with E-state index in [1.165, 1.54) is 0 Å². The number of thioether (sulfide) groups is 1. The minimum Gasteiger partial charge on any atom is -0.409 e. The highest BCUT2D eigenvalue weighted by Crippen LogP contribution is 2.43. The molecular formula is C22H21N5O3S. The predicted octanol–water partition coefficient (Wildman–Crippen LogP) is 2.71. The zero-order valence-corrected chi connectivity index (χ0v) is 17.5. The quantitative estimate of drug-likeness (QED) is 0.284. The smallest absolute Gasteiger partial charge is 0.274 e. The lowest BCUT2D eigenvalue weighted by atomic mass is 10.0. The van der Waals surface area contributed by atoms with Crippen LogP contribution in [0, 0.1) is 0 Å². The van der Waals surface area contributed by atoms with Gasteiger partial charge in [-0.1, -0.05) is 35.5 Å². The van der Waals surface area contributed by atoms with Crippen molar-refractivity contribution in [2.45, 2.75) is 10.6 Å². The number of nitrogens with two attached hydrogens (primary N) is 1. The standard InChI is InChI=1S/C22H21N5O3S/c23-21(25-29)14-4-3-5-15(12-14)27-20-16-6-1-2-7-18(16)31-13-17(20)19(24-27)22(28)26-8-10-30-11-9-26/h1-7,12,29H,8-11,13H2,(H2,23,25). The van der Waals surface area contributed by atoms with Crippen LogP contribution in [0.1, 0.15) is 21.6 Å². The molecule has 1 aromatic heterocycles. The van der Waals surface area contributed by atoms with Crippen molar-refractivity contribution < 1.29 is 14.7 Å². The maximum atomic E-state index is 13.4. The minimum atomic E-state index is -0.0779. The van der Waals surface area contributed by atoms with E-state index in [2.05, 4.69) is 17.3 Å². The van der Waals surface area contributed by atoms with Gasteiger partial charge in [0.05, 0.1) is 24.6 Å². The molecule has 3 heterocycles. The van der Waals surface area contributed by atoms with Gasteiger partial charge in [-0.25, -0.2) is 4.68 Å². The molecule has 1 fully saturated rings. The molecule has 0 saturated carbocycles. The van der Waals surface area contributed by atoms with Gasteiger partial charge < -0.3 is 20.6 Å². The Morgan fingerprint density at radius 2 is 1.97 bits per heavy atom. The molecule has 0 unspecified atom stereocenters. The summed E-state index contributed by atoms with van der Waals surface area (Å²) in [5, 5.41) is 17.0. The van der Waals surface area contributed by atoms with E-state index in [0.717, 1.165) is 27.4 Å². The Kier molecular flexibility index (Phi) is 5.13. The van der Waals surface area contributed by atoms with E-state index in [1.807, 2.05) is 24.3 Å². The van der Waals surface area contributed by atoms with Crippen LogP contribution in [0.25, 0.3) is 16.9 Å². The summed E-state index contributed by atoms with van der Waals surface area (Å²) < 4.78 is 7.20. The number of carbonyl (C=O) groups excluding carboxylic acids is 1. The van der Waals surface area contributed by atoms with Crippen molar-refractivity contribution in [2.24, 2.45) is 10.9 Å². The maximum Gasteiger partial charge on any atom is 0.274 e. The number of amides is 1. The van der Waals surface area contributed by atoms with Crippen LogP contribution in [0.4, 0.5) is 0 Å². The van der Waals surface area contributed by atoms with Gasteiger partial charge in [0.15, 0.2) is 11.5 Å². The first-order valence-corrected chi connectivity index (χ1v) is 11.0. The molecule has 2 aliphatic heterocycles. The van der Waals surface area contributed by atoms with E-state index in [0.29, 0.717) is 43.3 Å². The number of nitrogens with zero attached hydrogens (tertiary/aromatic N) is 4. The molecule has 2 aliphatic rings. The van der Waals surface area contributed by atoms with Crippen LogP contribution < -0.4 is 5.73 Å². The number of fused-ring (bicyclic) bond motifs is 3. The molecule has 0 spiro atoms. The first-order chi connectivity index (χ1) is 15.2. The average molecular weight is 436 g/mol. The van der Waals surface area contributed by atoms with E-state index in [-0.39, 0.29) is 11.7 Å². The molecule has 31 heavy (non-hydrogen) atoms. The highest BCUT2D eigenvalue weighted by molar-refractivity contribution is 7.98. The molecule has 0 aliphatic carbocycles. The Hall–Kier alpha value is -3.30. The average Bonchev–Trinajstić information content (AvgIpc) is 3.24. The summed E-state index contributed by atoms with van der Waals surface area (Å²) in [6, 6.07) is 15.4. The molecule has 1 amide bonds. The van der Waals surface area contributed by atoms with Crippen molar-refractivity contribution in [1.29, 1.82) is 0 Å². The molecule has 3 aromatic rings. The van der Waals surface area contributed by atoms with Crippen molar-refractivity contribution in [3.63, 3.8) is 0 Å². The lowest BCUT2D eigenvalue weighted by molar-refractivity contribution is 0.0298. The molecule has 0 bridgehead atoms. The summed E-state index contributed by atoms with van der Waals surface area (Å²) in [4.78, 5) is 16.3. The second-order valence-corrected chi connectivity index (χ2v) is 8.33. The van der Waals surface area contributed by atoms with Gasteiger partial charge in [0.2, 0.25) is 0 Å². The summed E-state index contributed by atoms with van der Waals surface area (Å²) in [5.41, 5.74) is 10.4. The first kappa shape index (κ1) is 19.7. The molecule has 158 valence electrons. The number of hydrogen-bond donors (Lipinski definition) is 2. The lowest BCUT2D eigenvalue weighted by Crippen LogP contribution is -2.41. The molecule has 3 N–H and O–H groups in total. The number of morpholine rings is 1. The Morgan fingerprint density at radius 1 is 1.16 bits per heavy atom. The summed E-state index contributed by atoms with van der Waals surface area (Å²) in [7, 11) is 0. The van der Waals surface area contributed by atoms with Crippen LogP contribution >= 0.6 is 11.8 Å². The van der Waals surface area contributed by atoms with Crippen molar-refractivity contribution >= 4 is 23.5 Å². The summed E-state index contributed by atoms with van der Waals surface area (Å²) in [5.74, 6) is 0.604. The van der Waals surface area contributed by atoms with E-state index in [4.69, 9.17) is 20.8 Å². The summed E-state index contributed by atoms with van der Waals surface area (Å²) in [6.45, 7) is 2.19. The predicted molar refractivity (Wildman–Crippen MR) is 118 cm³/mol. The van der Waals surface area contributed by atoms with E-state index in [9.17, 15) is 4.79 Å². The zero-order chi connectivity index (χ0) is 21.4. The fourth-order valence-corrected chi connectivity index (χ4v) is 5.00. The van der Waals surface area contributed by atoms with Gasteiger partial charge in [-0.3, -0.25) is 4.79 Å². The Balaban J connectivity index is 1.69. The summed E-state index contributed by atoms with van der Waals surface area (Å²) in [6.07, 6.45) is 0. The fraction of sp³-hybridized carbons (Fsp3) is 0.227. The van der Waals surface area contributed by atoms with Gasteiger partial charge in [-0.15, -0.1) is 11.8 Å². The minimum absolute atomic E-state index is 0.0171. The fourth-order valence-electron chi connectivity index (χ4n) is 3.93. The third-order valence-electron chi connectivity index (χ3n) is 5.49. The molecule has 5 rings (SSSR count). The van der Waals surface area contributed by atoms with Crippen molar-refractivity contribution in [2.75, 3.05) is 26.3 Å². The molecule has 2 aromatic carbocycles. The highest BCUT2D eigenvalue weighted by atomic mass is 32.2. The number of ether oxygens (including phenoxy) is 1. The highest BCUT2D eigenvalue weighted by Gasteiger charge is 2.31. The third-order valence-corrected chi connectivity index (χ3v) is 6.59. The monoisotopic (exact) mass is 435 g/mol. The summed E-state index contributed by atoms with van der Waals surface area (Å²) >= 11 is 1.71. The Morgan fingerprint density at radius 3 is 2.77 bits per heavy atom. The van der Waals surface area contributed by atoms with Crippen LogP contribution in [-0.2, 0) is 10.5 Å². The van der Waals surface area contributed by atoms with Crippen molar-refractivity contribution in [3.8, 4) is 16.9 Å². The maximum absolute atomic E-state index is 13.4. The number of oxime groups is 1. The van der Waals surface area contributed by atoms with Crippen molar-refractivity contribution in [3.05, 3.63) is 65.4 Å². The number of amidine groups is 1. The second kappa shape index (κ2) is 8.09. The Bertz CT molecular complexity index is 1180. The molecule has 1 saturated heterocycles. The van der Waals surface area contributed by atoms with Gasteiger partial charge in [0.1, 0.15) is 0 Å². The molecule has 0 radical (unpaired) electrons. The lowest BCUT2D eigenvalue weighted by Gasteiger charge is -2.26. The van der Waals surface area contributed by atoms with Gasteiger partial charge >= 0.3 is 0 Å². The van der Waals surface area contributed by atoms with Gasteiger partial charge in [-0.05, 0) is 18.2 Å². The molecule has 8 nitrogen and oxygen atoms in total. The Labute approximate surface area is 183 Å².